The first-order chi connectivity index (χ1) is 19.5. The first-order valence-electron chi connectivity index (χ1n) is 11.8. The fourth-order valence-electron chi connectivity index (χ4n) is 3.79. The normalized spacial score (nSPS) is 11.0. The summed E-state index contributed by atoms with van der Waals surface area (Å²) in [5.41, 5.74) is 1.74. The van der Waals surface area contributed by atoms with Crippen LogP contribution >= 0.6 is 11.6 Å². The van der Waals surface area contributed by atoms with E-state index in [1.807, 2.05) is 0 Å². The third-order valence-corrected chi connectivity index (χ3v) is 7.58. The number of halogens is 4. The number of esters is 1. The molecule has 0 spiro atoms. The van der Waals surface area contributed by atoms with Crippen molar-refractivity contribution in [2.24, 2.45) is 0 Å². The van der Waals surface area contributed by atoms with Crippen LogP contribution in [-0.2, 0) is 14.8 Å². The fraction of sp³-hybridized carbons (Fsp3) is 0.100. The van der Waals surface area contributed by atoms with Crippen LogP contribution in [0.25, 0.3) is 11.1 Å². The topological polar surface area (TPSA) is 81.7 Å². The number of carbonyl (C=O) groups excluding carboxylic acids is 1. The van der Waals surface area contributed by atoms with Gasteiger partial charge < -0.3 is 9.47 Å². The molecule has 4 aromatic carbocycles. The zero-order valence-corrected chi connectivity index (χ0v) is 23.1. The number of carbonyl (C=O) groups is 1. The summed E-state index contributed by atoms with van der Waals surface area (Å²) < 4.78 is 78.2. The van der Waals surface area contributed by atoms with Crippen molar-refractivity contribution in [3.05, 3.63) is 112 Å². The molecule has 0 heterocycles. The molecule has 0 bridgehead atoms. The number of sulfonamides is 1. The highest BCUT2D eigenvalue weighted by atomic mass is 35.5. The molecule has 41 heavy (non-hydrogen) atoms. The second kappa shape index (κ2) is 12.4. The Bertz CT molecular complexity index is 1780. The molecule has 0 aliphatic carbocycles. The molecule has 0 aromatic heterocycles. The number of rotatable bonds is 7. The van der Waals surface area contributed by atoms with Gasteiger partial charge in [0.2, 0.25) is 0 Å². The van der Waals surface area contributed by atoms with Gasteiger partial charge in [-0.2, -0.15) is 0 Å². The fourth-order valence-corrected chi connectivity index (χ4v) is 5.15. The molecule has 0 radical (unpaired) electrons. The highest BCUT2D eigenvalue weighted by Crippen LogP contribution is 2.31. The number of methoxy groups -OCH3 is 2. The van der Waals surface area contributed by atoms with Gasteiger partial charge >= 0.3 is 5.97 Å². The number of anilines is 1. The van der Waals surface area contributed by atoms with E-state index in [4.69, 9.17) is 21.1 Å². The van der Waals surface area contributed by atoms with Crippen molar-refractivity contribution in [1.82, 2.24) is 0 Å². The quantitative estimate of drug-likeness (QED) is 0.181. The lowest BCUT2D eigenvalue weighted by molar-refractivity contribution is 0.0600. The maximum atomic E-state index is 14.6. The van der Waals surface area contributed by atoms with E-state index < -0.39 is 28.2 Å². The van der Waals surface area contributed by atoms with Crippen molar-refractivity contribution in [2.45, 2.75) is 11.3 Å². The largest absolute Gasteiger partial charge is 0.494 e. The molecule has 0 atom stereocenters. The maximum absolute atomic E-state index is 14.6. The molecule has 0 aliphatic rings. The lowest BCUT2D eigenvalue weighted by Crippen LogP contribution is -2.14. The second-order valence-electron chi connectivity index (χ2n) is 8.52. The summed E-state index contributed by atoms with van der Waals surface area (Å²) in [7, 11) is -1.75. The van der Waals surface area contributed by atoms with E-state index in [0.29, 0.717) is 27.3 Å². The number of hydrogen-bond acceptors (Lipinski definition) is 5. The first-order valence-corrected chi connectivity index (χ1v) is 13.7. The van der Waals surface area contributed by atoms with Gasteiger partial charge in [-0.15, -0.1) is 0 Å². The molecule has 0 saturated carbocycles. The van der Waals surface area contributed by atoms with Crippen molar-refractivity contribution in [1.29, 1.82) is 0 Å². The summed E-state index contributed by atoms with van der Waals surface area (Å²) in [6, 6.07) is 17.9. The van der Waals surface area contributed by atoms with E-state index in [1.165, 1.54) is 26.4 Å². The van der Waals surface area contributed by atoms with Gasteiger partial charge in [0, 0.05) is 33.8 Å². The Morgan fingerprint density at radius 3 is 2.32 bits per heavy atom. The second-order valence-corrected chi connectivity index (χ2v) is 10.6. The first kappa shape index (κ1) is 29.5. The molecular weight excluding hydrogens is 579 g/mol. The average Bonchev–Trinajstić information content (AvgIpc) is 2.96. The molecule has 0 unspecified atom stereocenters. The summed E-state index contributed by atoms with van der Waals surface area (Å²) in [5, 5.41) is 0.319. The Morgan fingerprint density at radius 2 is 1.68 bits per heavy atom. The molecule has 0 amide bonds. The zero-order chi connectivity index (χ0) is 29.7. The van der Waals surface area contributed by atoms with E-state index in [-0.39, 0.29) is 27.5 Å². The monoisotopic (exact) mass is 599 g/mol. The van der Waals surface area contributed by atoms with Crippen LogP contribution in [0.2, 0.25) is 5.02 Å². The minimum atomic E-state index is -4.27. The van der Waals surface area contributed by atoms with Gasteiger partial charge in [0.15, 0.2) is 11.6 Å². The molecule has 4 aromatic rings. The Kier molecular flexibility index (Phi) is 8.91. The molecule has 0 fully saturated rings. The SMILES string of the molecule is COC(=O)c1ccc(-c2cccc(C#Cc3cc(OC)c(F)cc3NS(=O)(=O)c3ccc(C(F)F)cc3)c2)c(Cl)c1. The van der Waals surface area contributed by atoms with Crippen LogP contribution in [-0.4, -0.2) is 28.6 Å². The Morgan fingerprint density at radius 1 is 0.951 bits per heavy atom. The van der Waals surface area contributed by atoms with Gasteiger partial charge in [-0.25, -0.2) is 26.4 Å². The highest BCUT2D eigenvalue weighted by molar-refractivity contribution is 7.92. The highest BCUT2D eigenvalue weighted by Gasteiger charge is 2.19. The third-order valence-electron chi connectivity index (χ3n) is 5.88. The summed E-state index contributed by atoms with van der Waals surface area (Å²) in [4.78, 5) is 11.5. The summed E-state index contributed by atoms with van der Waals surface area (Å²) in [6.07, 6.45) is -2.76. The standard InChI is InChI=1S/C30H21ClF3NO5S/c1-39-28-16-21(27(17-26(28)32)35-41(37,38)23-11-8-19(9-12-23)29(33)34)7-6-18-4-3-5-20(14-18)24-13-10-22(15-25(24)31)30(36)40-2/h3-5,8-17,29,35H,1-2H3. The lowest BCUT2D eigenvalue weighted by Gasteiger charge is -2.12. The minimum absolute atomic E-state index is 0.0990. The average molecular weight is 600 g/mol. The lowest BCUT2D eigenvalue weighted by atomic mass is 10.0. The number of nitrogens with one attached hydrogen (secondary N) is 1. The van der Waals surface area contributed by atoms with Crippen LogP contribution < -0.4 is 9.46 Å². The van der Waals surface area contributed by atoms with Crippen LogP contribution in [0.1, 0.15) is 33.5 Å². The van der Waals surface area contributed by atoms with Crippen molar-refractivity contribution < 1.29 is 35.9 Å². The van der Waals surface area contributed by atoms with Gasteiger partial charge in [0.1, 0.15) is 0 Å². The van der Waals surface area contributed by atoms with E-state index in [9.17, 15) is 26.4 Å². The van der Waals surface area contributed by atoms with Gasteiger partial charge in [-0.3, -0.25) is 4.72 Å². The molecule has 0 aliphatic heterocycles. The molecule has 11 heteroatoms. The Hall–Kier alpha value is -4.46. The third kappa shape index (κ3) is 6.82. The smallest absolute Gasteiger partial charge is 0.337 e. The maximum Gasteiger partial charge on any atom is 0.337 e. The number of benzene rings is 4. The number of ether oxygens (including phenoxy) is 2. The minimum Gasteiger partial charge on any atom is -0.494 e. The zero-order valence-electron chi connectivity index (χ0n) is 21.5. The van der Waals surface area contributed by atoms with Crippen molar-refractivity contribution >= 4 is 33.3 Å². The van der Waals surface area contributed by atoms with Crippen molar-refractivity contribution in [3.63, 3.8) is 0 Å². The molecule has 210 valence electrons. The molecule has 6 nitrogen and oxygen atoms in total. The van der Waals surface area contributed by atoms with Crippen LogP contribution in [0.15, 0.2) is 83.8 Å². The van der Waals surface area contributed by atoms with Crippen LogP contribution in [0, 0.1) is 17.7 Å². The Balaban J connectivity index is 1.69. The van der Waals surface area contributed by atoms with Crippen molar-refractivity contribution in [3.8, 4) is 28.7 Å². The predicted octanol–water partition coefficient (Wildman–Crippen LogP) is 7.08. The number of alkyl halides is 2. The summed E-state index contributed by atoms with van der Waals surface area (Å²) in [6.45, 7) is 0. The molecule has 1 N–H and O–H groups in total. The predicted molar refractivity (Wildman–Crippen MR) is 149 cm³/mol. The van der Waals surface area contributed by atoms with Crippen LogP contribution in [0.3, 0.4) is 0 Å². The van der Waals surface area contributed by atoms with Crippen LogP contribution in [0.4, 0.5) is 18.9 Å². The molecular formula is C30H21ClF3NO5S. The molecule has 4 rings (SSSR count). The van der Waals surface area contributed by atoms with Gasteiger partial charge in [0.05, 0.1) is 35.9 Å². The van der Waals surface area contributed by atoms with E-state index in [0.717, 1.165) is 30.3 Å². The van der Waals surface area contributed by atoms with Gasteiger partial charge in [-0.1, -0.05) is 53.8 Å². The Labute approximate surface area is 239 Å². The van der Waals surface area contributed by atoms with Gasteiger partial charge in [0.25, 0.3) is 16.4 Å². The van der Waals surface area contributed by atoms with Gasteiger partial charge in [-0.05, 0) is 42.0 Å². The van der Waals surface area contributed by atoms with E-state index in [1.54, 1.807) is 36.4 Å². The number of hydrogen-bond donors (Lipinski definition) is 1. The van der Waals surface area contributed by atoms with E-state index >= 15 is 0 Å². The summed E-state index contributed by atoms with van der Waals surface area (Å²) >= 11 is 6.40. The van der Waals surface area contributed by atoms with Crippen molar-refractivity contribution in [2.75, 3.05) is 18.9 Å². The van der Waals surface area contributed by atoms with Crippen LogP contribution in [0.5, 0.6) is 5.75 Å². The molecule has 0 saturated heterocycles. The van der Waals surface area contributed by atoms with E-state index in [2.05, 4.69) is 16.6 Å². The summed E-state index contributed by atoms with van der Waals surface area (Å²) in [5.74, 6) is 4.24.